The Hall–Kier alpha value is -2.45. The molecule has 35 heavy (non-hydrogen) atoms. The first-order chi connectivity index (χ1) is 16.7. The fraction of sp³-hybridized carbons (Fsp3) is 0.481. The molecule has 1 saturated carbocycles. The van der Waals surface area contributed by atoms with E-state index in [1.54, 1.807) is 12.3 Å². The standard InChI is InChI=1S/C27H35BrFN5O/c1-6-34(19-9-7-18(8-10-19)33(4)5)25-20-11-12-30-26(21(20)14-23(28)24(25)29)31-15-22-16(2)13-17(3)32-27(22)35/h11-14,18-19H,6-10,15H2,1-5H3,(H,30,31)(H,32,35). The Kier molecular flexibility index (Phi) is 7.81. The number of aromatic amines is 1. The van der Waals surface area contributed by atoms with Crippen LogP contribution in [0.4, 0.5) is 15.9 Å². The van der Waals surface area contributed by atoms with Crippen LogP contribution in [0, 0.1) is 19.7 Å². The molecule has 2 N–H and O–H groups in total. The van der Waals surface area contributed by atoms with Crippen LogP contribution >= 0.6 is 15.9 Å². The van der Waals surface area contributed by atoms with Crippen LogP contribution in [0.25, 0.3) is 10.8 Å². The van der Waals surface area contributed by atoms with Gasteiger partial charge in [0.05, 0.1) is 10.2 Å². The largest absolute Gasteiger partial charge is 0.366 e. The zero-order valence-electron chi connectivity index (χ0n) is 21.2. The van der Waals surface area contributed by atoms with Crippen molar-refractivity contribution in [3.8, 4) is 0 Å². The molecule has 0 aliphatic heterocycles. The molecule has 188 valence electrons. The highest BCUT2D eigenvalue weighted by Crippen LogP contribution is 2.40. The highest BCUT2D eigenvalue weighted by molar-refractivity contribution is 9.10. The summed E-state index contributed by atoms with van der Waals surface area (Å²) >= 11 is 3.46. The number of nitrogens with one attached hydrogen (secondary N) is 2. The number of H-pyrrole nitrogens is 1. The molecule has 1 aromatic carbocycles. The van der Waals surface area contributed by atoms with Gasteiger partial charge in [-0.05, 0) is 100 Å². The van der Waals surface area contributed by atoms with Gasteiger partial charge in [0, 0.05) is 53.4 Å². The predicted octanol–water partition coefficient (Wildman–Crippen LogP) is 5.75. The molecule has 2 aromatic heterocycles. The Balaban J connectivity index is 1.70. The van der Waals surface area contributed by atoms with Crippen LogP contribution in [-0.4, -0.2) is 47.6 Å². The van der Waals surface area contributed by atoms with Crippen LogP contribution in [0.2, 0.25) is 0 Å². The van der Waals surface area contributed by atoms with Gasteiger partial charge in [-0.15, -0.1) is 0 Å². The van der Waals surface area contributed by atoms with Gasteiger partial charge in [-0.2, -0.15) is 0 Å². The molecule has 0 radical (unpaired) electrons. The molecular formula is C27H35BrFN5O. The van der Waals surface area contributed by atoms with Gasteiger partial charge in [0.15, 0.2) is 5.82 Å². The summed E-state index contributed by atoms with van der Waals surface area (Å²) in [4.78, 5) is 24.4. The minimum Gasteiger partial charge on any atom is -0.366 e. The van der Waals surface area contributed by atoms with Crippen molar-refractivity contribution in [3.63, 3.8) is 0 Å². The van der Waals surface area contributed by atoms with E-state index in [0.717, 1.165) is 54.3 Å². The Labute approximate surface area is 215 Å². The topological polar surface area (TPSA) is 64.3 Å². The molecule has 0 saturated heterocycles. The molecule has 0 bridgehead atoms. The molecule has 0 spiro atoms. The van der Waals surface area contributed by atoms with Crippen LogP contribution in [0.3, 0.4) is 0 Å². The maximum Gasteiger partial charge on any atom is 0.253 e. The summed E-state index contributed by atoms with van der Waals surface area (Å²) in [5, 5.41) is 4.99. The molecule has 0 amide bonds. The number of rotatable bonds is 7. The number of hydrogen-bond acceptors (Lipinski definition) is 5. The number of fused-ring (bicyclic) bond motifs is 1. The third-order valence-electron chi connectivity index (χ3n) is 7.33. The molecular weight excluding hydrogens is 509 g/mol. The fourth-order valence-corrected chi connectivity index (χ4v) is 5.84. The normalized spacial score (nSPS) is 18.3. The van der Waals surface area contributed by atoms with Crippen molar-refractivity contribution in [3.05, 3.63) is 61.9 Å². The SMILES string of the molecule is CCN(c1c(F)c(Br)cc2c(NCc3c(C)cc(C)[nH]c3=O)nccc12)C1CCC(N(C)C)CC1. The van der Waals surface area contributed by atoms with E-state index in [1.165, 1.54) is 0 Å². The van der Waals surface area contributed by atoms with E-state index in [4.69, 9.17) is 0 Å². The van der Waals surface area contributed by atoms with Crippen molar-refractivity contribution >= 4 is 38.2 Å². The number of aromatic nitrogens is 2. The Morgan fingerprint density at radius 3 is 2.46 bits per heavy atom. The van der Waals surface area contributed by atoms with Gasteiger partial charge in [0.25, 0.3) is 5.56 Å². The van der Waals surface area contributed by atoms with Gasteiger partial charge < -0.3 is 20.1 Å². The molecule has 1 aliphatic rings. The van der Waals surface area contributed by atoms with E-state index in [-0.39, 0.29) is 11.4 Å². The number of halogens is 2. The summed E-state index contributed by atoms with van der Waals surface area (Å²) in [6.07, 6.45) is 6.01. The van der Waals surface area contributed by atoms with E-state index >= 15 is 4.39 Å². The van der Waals surface area contributed by atoms with Crippen LogP contribution in [0.5, 0.6) is 0 Å². The summed E-state index contributed by atoms with van der Waals surface area (Å²) in [7, 11) is 4.27. The third kappa shape index (κ3) is 5.23. The number of nitrogens with zero attached hydrogens (tertiary/aromatic N) is 3. The molecule has 4 rings (SSSR count). The first kappa shape index (κ1) is 25.6. The minimum atomic E-state index is -0.239. The lowest BCUT2D eigenvalue weighted by Gasteiger charge is -2.40. The summed E-state index contributed by atoms with van der Waals surface area (Å²) in [6.45, 7) is 6.96. The minimum absolute atomic E-state index is 0.103. The average molecular weight is 545 g/mol. The van der Waals surface area contributed by atoms with Crippen molar-refractivity contribution in [2.75, 3.05) is 30.9 Å². The van der Waals surface area contributed by atoms with Crippen LogP contribution in [-0.2, 0) is 6.54 Å². The van der Waals surface area contributed by atoms with Crippen molar-refractivity contribution in [2.45, 2.75) is 65.1 Å². The first-order valence-electron chi connectivity index (χ1n) is 12.3. The summed E-state index contributed by atoms with van der Waals surface area (Å²) in [6, 6.07) is 6.52. The predicted molar refractivity (Wildman–Crippen MR) is 146 cm³/mol. The van der Waals surface area contributed by atoms with E-state index in [9.17, 15) is 4.79 Å². The van der Waals surface area contributed by atoms with Crippen LogP contribution in [0.15, 0.2) is 33.7 Å². The second kappa shape index (κ2) is 10.7. The van der Waals surface area contributed by atoms with Crippen molar-refractivity contribution < 1.29 is 4.39 Å². The highest BCUT2D eigenvalue weighted by atomic mass is 79.9. The van der Waals surface area contributed by atoms with E-state index in [1.807, 2.05) is 26.0 Å². The lowest BCUT2D eigenvalue weighted by atomic mass is 9.89. The second-order valence-electron chi connectivity index (χ2n) is 9.78. The van der Waals surface area contributed by atoms with Crippen molar-refractivity contribution in [2.24, 2.45) is 0 Å². The highest BCUT2D eigenvalue weighted by Gasteiger charge is 2.29. The van der Waals surface area contributed by atoms with Crippen molar-refractivity contribution in [1.82, 2.24) is 14.9 Å². The molecule has 2 heterocycles. The zero-order valence-corrected chi connectivity index (χ0v) is 22.8. The number of anilines is 2. The lowest BCUT2D eigenvalue weighted by Crippen LogP contribution is -2.42. The average Bonchev–Trinajstić information content (AvgIpc) is 2.81. The second-order valence-corrected chi connectivity index (χ2v) is 10.6. The van der Waals surface area contributed by atoms with E-state index in [2.05, 4.69) is 62.0 Å². The first-order valence-corrected chi connectivity index (χ1v) is 13.1. The van der Waals surface area contributed by atoms with Gasteiger partial charge in [-0.3, -0.25) is 4.79 Å². The number of aryl methyl sites for hydroxylation is 2. The third-order valence-corrected chi connectivity index (χ3v) is 7.90. The molecule has 1 aliphatic carbocycles. The van der Waals surface area contributed by atoms with Gasteiger partial charge >= 0.3 is 0 Å². The number of pyridine rings is 2. The molecule has 3 aromatic rings. The summed E-state index contributed by atoms with van der Waals surface area (Å²) in [5.74, 6) is 0.397. The molecule has 8 heteroatoms. The number of hydrogen-bond donors (Lipinski definition) is 2. The van der Waals surface area contributed by atoms with Crippen LogP contribution in [0.1, 0.15) is 49.4 Å². The van der Waals surface area contributed by atoms with Gasteiger partial charge in [-0.1, -0.05) is 0 Å². The zero-order chi connectivity index (χ0) is 25.3. The number of benzene rings is 1. The quantitative estimate of drug-likeness (QED) is 0.397. The monoisotopic (exact) mass is 543 g/mol. The van der Waals surface area contributed by atoms with E-state index in [0.29, 0.717) is 40.2 Å². The van der Waals surface area contributed by atoms with Crippen LogP contribution < -0.4 is 15.8 Å². The van der Waals surface area contributed by atoms with Gasteiger partial charge in [0.1, 0.15) is 5.82 Å². The summed E-state index contributed by atoms with van der Waals surface area (Å²) in [5.41, 5.74) is 2.96. The maximum atomic E-state index is 15.7. The lowest BCUT2D eigenvalue weighted by molar-refractivity contribution is 0.214. The Morgan fingerprint density at radius 1 is 1.14 bits per heavy atom. The molecule has 1 fully saturated rings. The molecule has 6 nitrogen and oxygen atoms in total. The smallest absolute Gasteiger partial charge is 0.253 e. The maximum absolute atomic E-state index is 15.7. The van der Waals surface area contributed by atoms with Gasteiger partial charge in [0.2, 0.25) is 0 Å². The molecule has 0 atom stereocenters. The fourth-order valence-electron chi connectivity index (χ4n) is 5.43. The Morgan fingerprint density at radius 2 is 1.83 bits per heavy atom. The Bertz CT molecular complexity index is 1270. The summed E-state index contributed by atoms with van der Waals surface area (Å²) < 4.78 is 16.1. The molecule has 0 unspecified atom stereocenters. The van der Waals surface area contributed by atoms with Crippen molar-refractivity contribution in [1.29, 1.82) is 0 Å². The van der Waals surface area contributed by atoms with Gasteiger partial charge in [-0.25, -0.2) is 9.37 Å². The van der Waals surface area contributed by atoms with E-state index < -0.39 is 0 Å².